The Balaban J connectivity index is 1.47. The number of aliphatic hydroxyl groups is 1. The first-order chi connectivity index (χ1) is 13.2. The third-order valence-electron chi connectivity index (χ3n) is 6.24. The Morgan fingerprint density at radius 1 is 1.11 bits per heavy atom. The number of amides is 1. The predicted octanol–water partition coefficient (Wildman–Crippen LogP) is 2.15. The number of hydrogen-bond acceptors (Lipinski definition) is 5. The molecule has 0 bridgehead atoms. The molecular weight excluding hydrogens is 380 g/mol. The minimum Gasteiger partial charge on any atom is -0.465 e. The summed E-state index contributed by atoms with van der Waals surface area (Å²) in [4.78, 5) is 15.1. The zero-order valence-corrected chi connectivity index (χ0v) is 17.2. The summed E-state index contributed by atoms with van der Waals surface area (Å²) >= 11 is 0. The van der Waals surface area contributed by atoms with Crippen LogP contribution in [-0.4, -0.2) is 73.5 Å². The van der Waals surface area contributed by atoms with Crippen LogP contribution in [0.2, 0.25) is 0 Å². The number of nitrogens with zero attached hydrogens (tertiary/aromatic N) is 2. The van der Waals surface area contributed by atoms with Gasteiger partial charge in [0.25, 0.3) is 0 Å². The highest BCUT2D eigenvalue weighted by atomic mass is 32.2. The van der Waals surface area contributed by atoms with Crippen molar-refractivity contribution < 1.29 is 23.4 Å². The molecule has 0 unspecified atom stereocenters. The average molecular weight is 411 g/mol. The second kappa shape index (κ2) is 8.39. The lowest BCUT2D eigenvalue weighted by atomic mass is 9.84. The number of rotatable bonds is 5. The number of hydrogen-bond donors (Lipinski definition) is 2. The first-order valence-corrected chi connectivity index (χ1v) is 11.8. The molecule has 1 aromatic rings. The van der Waals surface area contributed by atoms with E-state index in [1.165, 1.54) is 11.2 Å². The quantitative estimate of drug-likeness (QED) is 0.772. The topological polar surface area (TPSA) is 98.2 Å². The molecular formula is C20H30N2O5S. The van der Waals surface area contributed by atoms with E-state index < -0.39 is 21.5 Å². The molecule has 0 spiro atoms. The first kappa shape index (κ1) is 21.1. The number of likely N-dealkylation sites (tertiary alicyclic amines) is 2. The molecule has 0 aliphatic carbocycles. The van der Waals surface area contributed by atoms with Crippen LogP contribution in [0.4, 0.5) is 4.79 Å². The Hall–Kier alpha value is -1.64. The summed E-state index contributed by atoms with van der Waals surface area (Å²) < 4.78 is 23.2. The van der Waals surface area contributed by atoms with Crippen LogP contribution < -0.4 is 0 Å². The Morgan fingerprint density at radius 2 is 1.68 bits per heavy atom. The Bertz CT molecular complexity index is 777. The third-order valence-corrected chi connectivity index (χ3v) is 7.37. The molecule has 2 aliphatic rings. The molecule has 1 aromatic carbocycles. The number of sulfone groups is 1. The minimum absolute atomic E-state index is 0.270. The van der Waals surface area contributed by atoms with Crippen molar-refractivity contribution in [1.82, 2.24) is 9.80 Å². The van der Waals surface area contributed by atoms with E-state index in [0.717, 1.165) is 44.5 Å². The average Bonchev–Trinajstić information content (AvgIpc) is 2.67. The van der Waals surface area contributed by atoms with E-state index in [1.807, 2.05) is 0 Å². The standard InChI is InChI=1S/C20H30N2O5S/c1-28(26,27)18-4-2-17(3-5-18)20(25)9-14-21(15-10-20)11-6-16-7-12-22(13-8-16)19(23)24/h2-5,16,25H,6-15H2,1H3,(H,23,24). The van der Waals surface area contributed by atoms with Crippen molar-refractivity contribution in [2.45, 2.75) is 42.6 Å². The molecule has 2 saturated heterocycles. The molecule has 156 valence electrons. The number of carbonyl (C=O) groups is 1. The maximum absolute atomic E-state index is 11.6. The minimum atomic E-state index is -3.23. The molecule has 2 heterocycles. The van der Waals surface area contributed by atoms with Crippen LogP contribution in [0, 0.1) is 5.92 Å². The van der Waals surface area contributed by atoms with E-state index in [1.54, 1.807) is 24.3 Å². The van der Waals surface area contributed by atoms with Crippen LogP contribution in [0.1, 0.15) is 37.7 Å². The van der Waals surface area contributed by atoms with Gasteiger partial charge in [0, 0.05) is 32.4 Å². The third kappa shape index (κ3) is 5.04. The van der Waals surface area contributed by atoms with Crippen molar-refractivity contribution in [2.24, 2.45) is 5.92 Å². The SMILES string of the molecule is CS(=O)(=O)c1ccc(C2(O)CCN(CCC3CCN(C(=O)O)CC3)CC2)cc1. The van der Waals surface area contributed by atoms with Gasteiger partial charge in [0.1, 0.15) is 0 Å². The highest BCUT2D eigenvalue weighted by molar-refractivity contribution is 7.90. The molecule has 2 N–H and O–H groups in total. The van der Waals surface area contributed by atoms with Crippen molar-refractivity contribution >= 4 is 15.9 Å². The Morgan fingerprint density at radius 3 is 2.18 bits per heavy atom. The summed E-state index contributed by atoms with van der Waals surface area (Å²) in [5, 5.41) is 20.0. The molecule has 8 heteroatoms. The number of carboxylic acid groups (broad SMARTS) is 1. The van der Waals surface area contributed by atoms with Crippen LogP contribution in [0.3, 0.4) is 0 Å². The Labute approximate surface area is 166 Å². The fourth-order valence-corrected chi connectivity index (χ4v) is 4.86. The molecule has 0 radical (unpaired) electrons. The van der Waals surface area contributed by atoms with E-state index in [2.05, 4.69) is 4.90 Å². The smallest absolute Gasteiger partial charge is 0.407 e. The highest BCUT2D eigenvalue weighted by Crippen LogP contribution is 2.33. The Kier molecular flexibility index (Phi) is 6.31. The first-order valence-electron chi connectivity index (χ1n) is 9.91. The molecule has 1 amide bonds. The molecule has 7 nitrogen and oxygen atoms in total. The van der Waals surface area contributed by atoms with Gasteiger partial charge in [-0.3, -0.25) is 0 Å². The molecule has 2 fully saturated rings. The van der Waals surface area contributed by atoms with Crippen LogP contribution in [0.15, 0.2) is 29.2 Å². The molecule has 0 atom stereocenters. The summed E-state index contributed by atoms with van der Waals surface area (Å²) in [6.45, 7) is 3.84. The van der Waals surface area contributed by atoms with E-state index in [0.29, 0.717) is 31.8 Å². The van der Waals surface area contributed by atoms with Gasteiger partial charge in [-0.2, -0.15) is 0 Å². The molecule has 0 aromatic heterocycles. The molecule has 2 aliphatic heterocycles. The summed E-state index contributed by atoms with van der Waals surface area (Å²) in [5.74, 6) is 0.569. The van der Waals surface area contributed by atoms with Crippen molar-refractivity contribution in [3.63, 3.8) is 0 Å². The van der Waals surface area contributed by atoms with Gasteiger partial charge >= 0.3 is 6.09 Å². The lowest BCUT2D eigenvalue weighted by molar-refractivity contribution is -0.0271. The monoisotopic (exact) mass is 410 g/mol. The zero-order valence-electron chi connectivity index (χ0n) is 16.4. The van der Waals surface area contributed by atoms with Gasteiger partial charge in [0.05, 0.1) is 10.5 Å². The van der Waals surface area contributed by atoms with E-state index in [-0.39, 0.29) is 4.90 Å². The van der Waals surface area contributed by atoms with Crippen LogP contribution >= 0.6 is 0 Å². The fraction of sp³-hybridized carbons (Fsp3) is 0.650. The maximum atomic E-state index is 11.6. The van der Waals surface area contributed by atoms with Gasteiger partial charge in [0.2, 0.25) is 0 Å². The highest BCUT2D eigenvalue weighted by Gasteiger charge is 2.34. The van der Waals surface area contributed by atoms with Gasteiger partial charge in [-0.05, 0) is 62.3 Å². The lowest BCUT2D eigenvalue weighted by Gasteiger charge is -2.39. The number of piperidine rings is 2. The van der Waals surface area contributed by atoms with Gasteiger partial charge in [-0.25, -0.2) is 13.2 Å². The van der Waals surface area contributed by atoms with Crippen molar-refractivity contribution in [1.29, 1.82) is 0 Å². The predicted molar refractivity (Wildman–Crippen MR) is 106 cm³/mol. The fourth-order valence-electron chi connectivity index (χ4n) is 4.23. The van der Waals surface area contributed by atoms with Gasteiger partial charge in [-0.1, -0.05) is 12.1 Å². The summed E-state index contributed by atoms with van der Waals surface area (Å²) in [7, 11) is -3.23. The van der Waals surface area contributed by atoms with Crippen molar-refractivity contribution in [2.75, 3.05) is 39.0 Å². The van der Waals surface area contributed by atoms with E-state index in [9.17, 15) is 18.3 Å². The second-order valence-electron chi connectivity index (χ2n) is 8.17. The zero-order chi connectivity index (χ0) is 20.4. The van der Waals surface area contributed by atoms with E-state index in [4.69, 9.17) is 5.11 Å². The van der Waals surface area contributed by atoms with Crippen LogP contribution in [0.25, 0.3) is 0 Å². The van der Waals surface area contributed by atoms with Crippen LogP contribution in [0.5, 0.6) is 0 Å². The summed E-state index contributed by atoms with van der Waals surface area (Å²) in [5.41, 5.74) is -0.125. The summed E-state index contributed by atoms with van der Waals surface area (Å²) in [6, 6.07) is 6.58. The maximum Gasteiger partial charge on any atom is 0.407 e. The van der Waals surface area contributed by atoms with Crippen LogP contribution in [-0.2, 0) is 15.4 Å². The van der Waals surface area contributed by atoms with E-state index >= 15 is 0 Å². The van der Waals surface area contributed by atoms with Gasteiger partial charge in [0.15, 0.2) is 9.84 Å². The van der Waals surface area contributed by atoms with Crippen molar-refractivity contribution in [3.8, 4) is 0 Å². The second-order valence-corrected chi connectivity index (χ2v) is 10.2. The summed E-state index contributed by atoms with van der Waals surface area (Å²) in [6.07, 6.45) is 4.53. The lowest BCUT2D eigenvalue weighted by Crippen LogP contribution is -2.43. The van der Waals surface area contributed by atoms with Gasteiger partial charge in [-0.15, -0.1) is 0 Å². The normalized spacial score (nSPS) is 21.6. The van der Waals surface area contributed by atoms with Crippen molar-refractivity contribution in [3.05, 3.63) is 29.8 Å². The number of benzene rings is 1. The van der Waals surface area contributed by atoms with Gasteiger partial charge < -0.3 is 20.0 Å². The molecule has 3 rings (SSSR count). The molecule has 0 saturated carbocycles. The largest absolute Gasteiger partial charge is 0.465 e. The molecule has 28 heavy (non-hydrogen) atoms.